The number of rotatable bonds is 3. The summed E-state index contributed by atoms with van der Waals surface area (Å²) in [6.45, 7) is 1.72. The standard InChI is InChI=1S/C11H15NO2S/c13-8-9-3-4-12(7-9)11(14)6-10-2-1-5-15-10/h1-2,5,9,13H,3-4,6-8H2/t9-/m0/s1. The molecule has 0 saturated carbocycles. The zero-order valence-corrected chi connectivity index (χ0v) is 9.37. The highest BCUT2D eigenvalue weighted by Crippen LogP contribution is 2.18. The van der Waals surface area contributed by atoms with Gasteiger partial charge >= 0.3 is 0 Å². The molecule has 2 rings (SSSR count). The Balaban J connectivity index is 1.87. The number of likely N-dealkylation sites (tertiary alicyclic amines) is 1. The molecule has 4 heteroatoms. The Morgan fingerprint density at radius 2 is 2.53 bits per heavy atom. The molecule has 2 heterocycles. The molecule has 82 valence electrons. The first-order valence-electron chi connectivity index (χ1n) is 5.20. The van der Waals surface area contributed by atoms with Crippen molar-refractivity contribution in [2.45, 2.75) is 12.8 Å². The molecular formula is C11H15NO2S. The molecule has 15 heavy (non-hydrogen) atoms. The third-order valence-corrected chi connectivity index (χ3v) is 3.68. The Bertz CT molecular complexity index is 323. The first-order chi connectivity index (χ1) is 7.29. The highest BCUT2D eigenvalue weighted by molar-refractivity contribution is 7.10. The zero-order chi connectivity index (χ0) is 10.7. The van der Waals surface area contributed by atoms with Crippen LogP contribution < -0.4 is 0 Å². The summed E-state index contributed by atoms with van der Waals surface area (Å²) in [5.74, 6) is 0.477. The van der Waals surface area contributed by atoms with Gasteiger partial charge in [-0.25, -0.2) is 0 Å². The molecule has 1 amide bonds. The first kappa shape index (κ1) is 10.6. The van der Waals surface area contributed by atoms with E-state index in [-0.39, 0.29) is 18.4 Å². The van der Waals surface area contributed by atoms with E-state index in [0.717, 1.165) is 24.4 Å². The number of hydrogen-bond acceptors (Lipinski definition) is 3. The molecule has 0 aliphatic carbocycles. The quantitative estimate of drug-likeness (QED) is 0.837. The lowest BCUT2D eigenvalue weighted by molar-refractivity contribution is -0.129. The predicted octanol–water partition coefficient (Wildman–Crippen LogP) is 1.13. The Hall–Kier alpha value is -0.870. The Kier molecular flexibility index (Phi) is 3.38. The van der Waals surface area contributed by atoms with Crippen molar-refractivity contribution in [1.82, 2.24) is 4.90 Å². The van der Waals surface area contributed by atoms with Gasteiger partial charge in [0, 0.05) is 30.5 Å². The van der Waals surface area contributed by atoms with Crippen LogP contribution >= 0.6 is 11.3 Å². The van der Waals surface area contributed by atoms with Crippen molar-refractivity contribution >= 4 is 17.2 Å². The minimum Gasteiger partial charge on any atom is -0.396 e. The summed E-state index contributed by atoms with van der Waals surface area (Å²) in [5, 5.41) is 11.0. The van der Waals surface area contributed by atoms with Crippen molar-refractivity contribution in [3.05, 3.63) is 22.4 Å². The fraction of sp³-hybridized carbons (Fsp3) is 0.545. The molecule has 1 aliphatic heterocycles. The molecule has 1 fully saturated rings. The smallest absolute Gasteiger partial charge is 0.227 e. The van der Waals surface area contributed by atoms with E-state index in [0.29, 0.717) is 6.42 Å². The molecule has 1 aliphatic rings. The summed E-state index contributed by atoms with van der Waals surface area (Å²) in [5.41, 5.74) is 0. The van der Waals surface area contributed by atoms with Gasteiger partial charge in [0.05, 0.1) is 6.42 Å². The number of aliphatic hydroxyl groups excluding tert-OH is 1. The van der Waals surface area contributed by atoms with E-state index in [9.17, 15) is 4.79 Å². The summed E-state index contributed by atoms with van der Waals surface area (Å²) >= 11 is 1.62. The lowest BCUT2D eigenvalue weighted by atomic mass is 10.1. The van der Waals surface area contributed by atoms with Crippen LogP contribution in [0.25, 0.3) is 0 Å². The van der Waals surface area contributed by atoms with Crippen LogP contribution in [0, 0.1) is 5.92 Å². The highest BCUT2D eigenvalue weighted by atomic mass is 32.1. The lowest BCUT2D eigenvalue weighted by Crippen LogP contribution is -2.30. The van der Waals surface area contributed by atoms with E-state index in [2.05, 4.69) is 0 Å². The predicted molar refractivity (Wildman–Crippen MR) is 59.8 cm³/mol. The third kappa shape index (κ3) is 2.58. The van der Waals surface area contributed by atoms with Crippen molar-refractivity contribution in [1.29, 1.82) is 0 Å². The van der Waals surface area contributed by atoms with Crippen LogP contribution in [0.1, 0.15) is 11.3 Å². The van der Waals surface area contributed by atoms with Crippen LogP contribution in [0.3, 0.4) is 0 Å². The van der Waals surface area contributed by atoms with E-state index in [1.165, 1.54) is 0 Å². The molecule has 0 unspecified atom stereocenters. The van der Waals surface area contributed by atoms with E-state index in [1.54, 1.807) is 11.3 Å². The van der Waals surface area contributed by atoms with Gasteiger partial charge in [-0.15, -0.1) is 11.3 Å². The van der Waals surface area contributed by atoms with Gasteiger partial charge in [-0.05, 0) is 17.9 Å². The second-order valence-electron chi connectivity index (χ2n) is 3.93. The largest absolute Gasteiger partial charge is 0.396 e. The van der Waals surface area contributed by atoms with Crippen molar-refractivity contribution in [3.63, 3.8) is 0 Å². The minimum atomic E-state index is 0.188. The fourth-order valence-corrected chi connectivity index (χ4v) is 2.58. The maximum atomic E-state index is 11.8. The van der Waals surface area contributed by atoms with E-state index < -0.39 is 0 Å². The molecular weight excluding hydrogens is 210 g/mol. The molecule has 3 nitrogen and oxygen atoms in total. The van der Waals surface area contributed by atoms with Crippen LogP contribution in [0.2, 0.25) is 0 Å². The molecule has 1 N–H and O–H groups in total. The monoisotopic (exact) mass is 225 g/mol. The van der Waals surface area contributed by atoms with Crippen molar-refractivity contribution in [2.75, 3.05) is 19.7 Å². The number of thiophene rings is 1. The molecule has 0 aromatic carbocycles. The SMILES string of the molecule is O=C(Cc1cccs1)N1CC[C@H](CO)C1. The first-order valence-corrected chi connectivity index (χ1v) is 6.08. The average molecular weight is 225 g/mol. The fourth-order valence-electron chi connectivity index (χ4n) is 1.88. The molecule has 0 radical (unpaired) electrons. The molecule has 1 aromatic rings. The summed E-state index contributed by atoms with van der Waals surface area (Å²) < 4.78 is 0. The number of aliphatic hydroxyl groups is 1. The molecule has 0 bridgehead atoms. The number of carbonyl (C=O) groups is 1. The van der Waals surface area contributed by atoms with Gasteiger partial charge in [-0.1, -0.05) is 6.07 Å². The number of amides is 1. The Morgan fingerprint density at radius 3 is 3.13 bits per heavy atom. The summed E-state index contributed by atoms with van der Waals surface area (Å²) in [7, 11) is 0. The van der Waals surface area contributed by atoms with E-state index >= 15 is 0 Å². The van der Waals surface area contributed by atoms with Gasteiger partial charge < -0.3 is 10.0 Å². The van der Waals surface area contributed by atoms with Crippen molar-refractivity contribution in [3.8, 4) is 0 Å². The van der Waals surface area contributed by atoms with Gasteiger partial charge in [-0.2, -0.15) is 0 Å². The van der Waals surface area contributed by atoms with E-state index in [1.807, 2.05) is 22.4 Å². The van der Waals surface area contributed by atoms with Crippen LogP contribution in [0.5, 0.6) is 0 Å². The Morgan fingerprint density at radius 1 is 1.67 bits per heavy atom. The maximum absolute atomic E-state index is 11.8. The van der Waals surface area contributed by atoms with Crippen LogP contribution in [0.15, 0.2) is 17.5 Å². The average Bonchev–Trinajstić information content (AvgIpc) is 2.86. The van der Waals surface area contributed by atoms with Gasteiger partial charge in [0.25, 0.3) is 0 Å². The van der Waals surface area contributed by atoms with Gasteiger partial charge in [0.1, 0.15) is 0 Å². The maximum Gasteiger partial charge on any atom is 0.227 e. The third-order valence-electron chi connectivity index (χ3n) is 2.80. The molecule has 0 spiro atoms. The number of hydrogen-bond donors (Lipinski definition) is 1. The van der Waals surface area contributed by atoms with Gasteiger partial charge in [0.2, 0.25) is 5.91 Å². The van der Waals surface area contributed by atoms with Gasteiger partial charge in [-0.3, -0.25) is 4.79 Å². The number of carbonyl (C=O) groups excluding carboxylic acids is 1. The van der Waals surface area contributed by atoms with E-state index in [4.69, 9.17) is 5.11 Å². The molecule has 1 aromatic heterocycles. The number of nitrogens with zero attached hydrogens (tertiary/aromatic N) is 1. The zero-order valence-electron chi connectivity index (χ0n) is 8.56. The molecule has 1 atom stereocenters. The van der Waals surface area contributed by atoms with Crippen LogP contribution in [-0.4, -0.2) is 35.6 Å². The summed E-state index contributed by atoms with van der Waals surface area (Å²) in [6.07, 6.45) is 1.45. The topological polar surface area (TPSA) is 40.5 Å². The van der Waals surface area contributed by atoms with Gasteiger partial charge in [0.15, 0.2) is 0 Å². The molecule has 1 saturated heterocycles. The summed E-state index contributed by atoms with van der Waals surface area (Å²) in [4.78, 5) is 14.8. The van der Waals surface area contributed by atoms with Crippen molar-refractivity contribution in [2.24, 2.45) is 5.92 Å². The Labute approximate surface area is 93.3 Å². The minimum absolute atomic E-state index is 0.188. The second kappa shape index (κ2) is 4.77. The highest BCUT2D eigenvalue weighted by Gasteiger charge is 2.25. The van der Waals surface area contributed by atoms with Crippen LogP contribution in [0.4, 0.5) is 0 Å². The second-order valence-corrected chi connectivity index (χ2v) is 4.97. The lowest BCUT2D eigenvalue weighted by Gasteiger charge is -2.15. The van der Waals surface area contributed by atoms with Crippen LogP contribution in [-0.2, 0) is 11.2 Å². The summed E-state index contributed by atoms with van der Waals surface area (Å²) in [6, 6.07) is 3.95. The van der Waals surface area contributed by atoms with Crippen molar-refractivity contribution < 1.29 is 9.90 Å². The normalized spacial score (nSPS) is 20.9.